The van der Waals surface area contributed by atoms with Crippen molar-refractivity contribution in [1.82, 2.24) is 16.0 Å². The molecule has 8 heteroatoms. The molecule has 0 aromatic carbocycles. The lowest BCUT2D eigenvalue weighted by Gasteiger charge is -2.31. The number of ether oxygens (including phenoxy) is 1. The summed E-state index contributed by atoms with van der Waals surface area (Å²) in [6.07, 6.45) is 1.06. The van der Waals surface area contributed by atoms with Crippen LogP contribution in [0.25, 0.3) is 0 Å². The van der Waals surface area contributed by atoms with Crippen molar-refractivity contribution in [3.05, 3.63) is 21.3 Å². The van der Waals surface area contributed by atoms with Crippen molar-refractivity contribution in [1.29, 1.82) is 0 Å². The summed E-state index contributed by atoms with van der Waals surface area (Å²) in [7, 11) is 0. The van der Waals surface area contributed by atoms with E-state index in [0.717, 1.165) is 11.8 Å². The molecule has 1 fully saturated rings. The first-order valence-corrected chi connectivity index (χ1v) is 6.58. The van der Waals surface area contributed by atoms with Gasteiger partial charge >= 0.3 is 5.03 Å². The van der Waals surface area contributed by atoms with Gasteiger partial charge in [0.1, 0.15) is 5.50 Å². The minimum Gasteiger partial charge on any atom is -0.361 e. The van der Waals surface area contributed by atoms with Crippen LogP contribution in [0.5, 0.6) is 0 Å². The van der Waals surface area contributed by atoms with Crippen LogP contribution in [0.4, 0.5) is 0 Å². The normalized spacial score (nSPS) is 33.0. The van der Waals surface area contributed by atoms with Gasteiger partial charge in [0, 0.05) is 5.54 Å². The Kier molecular flexibility index (Phi) is 3.30. The monoisotopic (exact) mass is 274 g/mol. The zero-order valence-electron chi connectivity index (χ0n) is 10.8. The van der Waals surface area contributed by atoms with Crippen molar-refractivity contribution in [2.75, 3.05) is 0 Å². The molecule has 2 rings (SSSR count). The highest BCUT2D eigenvalue weighted by Gasteiger charge is 2.48. The largest absolute Gasteiger partial charge is 0.361 e. The fraction of sp³-hybridized carbons (Fsp3) is 0.800. The predicted molar refractivity (Wildman–Crippen MR) is 68.9 cm³/mol. The van der Waals surface area contributed by atoms with Crippen molar-refractivity contribution in [3.8, 4) is 0 Å². The molecule has 0 saturated carbocycles. The standard InChI is InChI=1S/C10H18N4O3S/c1-9(2)10(3,4)17-7(13-9)12-8-11-5-6(18-8)14(15)16/h5,7-8,11-13H,1-4H3. The van der Waals surface area contributed by atoms with E-state index in [1.54, 1.807) is 0 Å². The number of rotatable bonds is 3. The lowest BCUT2D eigenvalue weighted by atomic mass is 9.87. The van der Waals surface area contributed by atoms with Crippen LogP contribution in [0.1, 0.15) is 27.7 Å². The maximum Gasteiger partial charge on any atom is 0.322 e. The molecule has 1 saturated heterocycles. The van der Waals surface area contributed by atoms with E-state index in [2.05, 4.69) is 29.8 Å². The van der Waals surface area contributed by atoms with Gasteiger partial charge in [0.15, 0.2) is 6.35 Å². The zero-order valence-corrected chi connectivity index (χ0v) is 11.6. The molecule has 0 aliphatic carbocycles. The van der Waals surface area contributed by atoms with Crippen molar-refractivity contribution in [3.63, 3.8) is 0 Å². The van der Waals surface area contributed by atoms with Gasteiger partial charge in [0.05, 0.1) is 16.7 Å². The third kappa shape index (κ3) is 2.46. The average molecular weight is 274 g/mol. The Morgan fingerprint density at radius 3 is 2.61 bits per heavy atom. The topological polar surface area (TPSA) is 88.5 Å². The molecule has 2 unspecified atom stereocenters. The molecule has 2 atom stereocenters. The Bertz CT molecular complexity index is 381. The second-order valence-corrected chi connectivity index (χ2v) is 6.47. The van der Waals surface area contributed by atoms with E-state index in [4.69, 9.17) is 4.74 Å². The molecular weight excluding hydrogens is 256 g/mol. The maximum absolute atomic E-state index is 10.6. The predicted octanol–water partition coefficient (Wildman–Crippen LogP) is 0.732. The molecule has 0 spiro atoms. The van der Waals surface area contributed by atoms with E-state index in [1.165, 1.54) is 6.20 Å². The highest BCUT2D eigenvalue weighted by molar-refractivity contribution is 8.03. The van der Waals surface area contributed by atoms with E-state index in [0.29, 0.717) is 0 Å². The Labute approximate surface area is 110 Å². The van der Waals surface area contributed by atoms with E-state index in [1.807, 2.05) is 13.8 Å². The number of nitrogens with one attached hydrogen (secondary N) is 3. The van der Waals surface area contributed by atoms with E-state index < -0.39 is 4.92 Å². The molecule has 18 heavy (non-hydrogen) atoms. The van der Waals surface area contributed by atoms with Crippen molar-refractivity contribution >= 4 is 11.8 Å². The van der Waals surface area contributed by atoms with Crippen LogP contribution in [-0.2, 0) is 4.74 Å². The molecule has 3 N–H and O–H groups in total. The lowest BCUT2D eigenvalue weighted by molar-refractivity contribution is -0.410. The maximum atomic E-state index is 10.6. The van der Waals surface area contributed by atoms with E-state index in [9.17, 15) is 10.1 Å². The van der Waals surface area contributed by atoms with Crippen LogP contribution >= 0.6 is 11.8 Å². The number of nitro groups is 1. The summed E-state index contributed by atoms with van der Waals surface area (Å²) >= 11 is 1.13. The quantitative estimate of drug-likeness (QED) is 0.516. The summed E-state index contributed by atoms with van der Waals surface area (Å²) in [5.41, 5.74) is -0.742. The van der Waals surface area contributed by atoms with Gasteiger partial charge in [-0.25, -0.2) is 5.32 Å². The fourth-order valence-electron chi connectivity index (χ4n) is 1.70. The summed E-state index contributed by atoms with van der Waals surface area (Å²) in [5, 5.41) is 20.0. The Hall–Kier alpha value is -0.830. The van der Waals surface area contributed by atoms with Crippen LogP contribution in [-0.4, -0.2) is 27.9 Å². The molecule has 7 nitrogen and oxygen atoms in total. The van der Waals surface area contributed by atoms with Gasteiger partial charge in [-0.1, -0.05) is 0 Å². The highest BCUT2D eigenvalue weighted by Crippen LogP contribution is 2.33. The van der Waals surface area contributed by atoms with Crippen LogP contribution in [0.3, 0.4) is 0 Å². The van der Waals surface area contributed by atoms with E-state index >= 15 is 0 Å². The molecule has 2 heterocycles. The van der Waals surface area contributed by atoms with Crippen molar-refractivity contribution in [2.45, 2.75) is 50.7 Å². The molecular formula is C10H18N4O3S. The first-order chi connectivity index (χ1) is 8.21. The van der Waals surface area contributed by atoms with Crippen LogP contribution in [0.2, 0.25) is 0 Å². The Balaban J connectivity index is 1.89. The second-order valence-electron chi connectivity index (χ2n) is 5.35. The van der Waals surface area contributed by atoms with Gasteiger partial charge in [0.25, 0.3) is 0 Å². The summed E-state index contributed by atoms with van der Waals surface area (Å²) < 4.78 is 5.85. The minimum atomic E-state index is -0.407. The second kappa shape index (κ2) is 4.37. The first kappa shape index (κ1) is 13.6. The average Bonchev–Trinajstić information content (AvgIpc) is 2.70. The zero-order chi connectivity index (χ0) is 13.6. The fourth-order valence-corrected chi connectivity index (χ4v) is 2.49. The van der Waals surface area contributed by atoms with Crippen molar-refractivity contribution in [2.24, 2.45) is 0 Å². The molecule has 0 amide bonds. The first-order valence-electron chi connectivity index (χ1n) is 5.70. The van der Waals surface area contributed by atoms with Crippen molar-refractivity contribution < 1.29 is 9.66 Å². The third-order valence-electron chi connectivity index (χ3n) is 3.49. The lowest BCUT2D eigenvalue weighted by Crippen LogP contribution is -2.52. The van der Waals surface area contributed by atoms with Crippen LogP contribution in [0, 0.1) is 10.1 Å². The van der Waals surface area contributed by atoms with Crippen LogP contribution in [0.15, 0.2) is 11.2 Å². The highest BCUT2D eigenvalue weighted by atomic mass is 32.2. The van der Waals surface area contributed by atoms with Gasteiger partial charge in [-0.2, -0.15) is 0 Å². The third-order valence-corrected chi connectivity index (χ3v) is 4.51. The summed E-state index contributed by atoms with van der Waals surface area (Å²) in [5.74, 6) is 0. The van der Waals surface area contributed by atoms with E-state index in [-0.39, 0.29) is 28.0 Å². The molecule has 0 aromatic rings. The SMILES string of the molecule is CC1(C)NC(NC2NC=C([N+](=O)[O-])S2)OC1(C)C. The van der Waals surface area contributed by atoms with Gasteiger partial charge in [-0.15, -0.1) is 0 Å². The minimum absolute atomic E-state index is 0.101. The summed E-state index contributed by atoms with van der Waals surface area (Å²) in [4.78, 5) is 10.2. The molecule has 0 radical (unpaired) electrons. The van der Waals surface area contributed by atoms with Gasteiger partial charge in [-0.05, 0) is 39.5 Å². The number of thioether (sulfide) groups is 1. The molecule has 102 valence electrons. The molecule has 2 aliphatic heterocycles. The Morgan fingerprint density at radius 1 is 1.50 bits per heavy atom. The number of hydrogen-bond donors (Lipinski definition) is 3. The molecule has 2 aliphatic rings. The number of hydrogen-bond acceptors (Lipinski definition) is 7. The van der Waals surface area contributed by atoms with Gasteiger partial charge < -0.3 is 10.1 Å². The molecule has 0 aromatic heterocycles. The summed E-state index contributed by atoms with van der Waals surface area (Å²) in [6.45, 7) is 8.14. The van der Waals surface area contributed by atoms with Crippen LogP contribution < -0.4 is 16.0 Å². The number of nitrogens with zero attached hydrogens (tertiary/aromatic N) is 1. The summed E-state index contributed by atoms with van der Waals surface area (Å²) in [6, 6.07) is 0. The molecule has 0 bridgehead atoms. The Morgan fingerprint density at radius 2 is 2.17 bits per heavy atom. The smallest absolute Gasteiger partial charge is 0.322 e. The van der Waals surface area contributed by atoms with Gasteiger partial charge in [-0.3, -0.25) is 15.4 Å². The van der Waals surface area contributed by atoms with Gasteiger partial charge in [0.2, 0.25) is 0 Å².